The lowest BCUT2D eigenvalue weighted by Crippen LogP contribution is -2.19. The molecule has 2 aromatic rings. The number of nitrogens with one attached hydrogen (secondary N) is 1. The Bertz CT molecular complexity index is 687. The molecule has 1 N–H and O–H groups in total. The lowest BCUT2D eigenvalue weighted by Gasteiger charge is -2.17. The van der Waals surface area contributed by atoms with Crippen LogP contribution in [0.1, 0.15) is 28.1 Å². The van der Waals surface area contributed by atoms with Gasteiger partial charge in [-0.05, 0) is 31.0 Å². The average molecular weight is 271 g/mol. The minimum Gasteiger partial charge on any atom is -0.469 e. The molecule has 0 radical (unpaired) electrons. The number of aryl methyl sites for hydroxylation is 2. The van der Waals surface area contributed by atoms with Crippen molar-refractivity contribution < 1.29 is 18.7 Å². The molecule has 0 saturated carbocycles. The van der Waals surface area contributed by atoms with Gasteiger partial charge in [-0.25, -0.2) is 4.79 Å². The van der Waals surface area contributed by atoms with Crippen LogP contribution in [0.5, 0.6) is 5.75 Å². The monoisotopic (exact) mass is 271 g/mol. The third kappa shape index (κ3) is 2.30. The van der Waals surface area contributed by atoms with Gasteiger partial charge in [-0.1, -0.05) is 6.07 Å². The molecule has 5 nitrogen and oxygen atoms in total. The highest BCUT2D eigenvalue weighted by molar-refractivity contribution is 5.95. The average Bonchev–Trinajstić information content (AvgIpc) is 2.84. The maximum atomic E-state index is 12.0. The first kappa shape index (κ1) is 12.5. The van der Waals surface area contributed by atoms with E-state index in [9.17, 15) is 9.59 Å². The highest BCUT2D eigenvalue weighted by Crippen LogP contribution is 2.27. The number of furan rings is 1. The fraction of sp³-hybridized carbons (Fsp3) is 0.200. The highest BCUT2D eigenvalue weighted by Gasteiger charge is 2.17. The first-order chi connectivity index (χ1) is 9.63. The molecule has 1 aromatic carbocycles. The van der Waals surface area contributed by atoms with Crippen LogP contribution in [0.15, 0.2) is 34.9 Å². The summed E-state index contributed by atoms with van der Waals surface area (Å²) < 4.78 is 10.4. The van der Waals surface area contributed by atoms with Gasteiger partial charge in [-0.3, -0.25) is 4.79 Å². The van der Waals surface area contributed by atoms with E-state index in [4.69, 9.17) is 9.15 Å². The molecule has 1 aliphatic rings. The molecular formula is C15H13NO4. The molecule has 102 valence electrons. The summed E-state index contributed by atoms with van der Waals surface area (Å²) in [5.74, 6) is 0.419. The topological polar surface area (TPSA) is 68.5 Å². The quantitative estimate of drug-likeness (QED) is 0.673. The van der Waals surface area contributed by atoms with Gasteiger partial charge in [0.15, 0.2) is 0 Å². The Balaban J connectivity index is 1.82. The van der Waals surface area contributed by atoms with Gasteiger partial charge >= 0.3 is 5.97 Å². The summed E-state index contributed by atoms with van der Waals surface area (Å²) in [6.07, 6.45) is 2.63. The number of hydrogen-bond donors (Lipinski definition) is 1. The van der Waals surface area contributed by atoms with Crippen molar-refractivity contribution >= 4 is 17.6 Å². The van der Waals surface area contributed by atoms with Crippen LogP contribution < -0.4 is 10.1 Å². The largest absolute Gasteiger partial charge is 0.469 e. The minimum atomic E-state index is -0.474. The second kappa shape index (κ2) is 4.85. The third-order valence-corrected chi connectivity index (χ3v) is 3.27. The van der Waals surface area contributed by atoms with E-state index < -0.39 is 5.97 Å². The number of rotatable bonds is 2. The number of benzene rings is 1. The molecule has 0 saturated heterocycles. The zero-order chi connectivity index (χ0) is 14.1. The fourth-order valence-corrected chi connectivity index (χ4v) is 2.17. The van der Waals surface area contributed by atoms with E-state index in [1.165, 1.54) is 6.26 Å². The predicted molar refractivity (Wildman–Crippen MR) is 71.8 cm³/mol. The molecule has 0 spiro atoms. The summed E-state index contributed by atoms with van der Waals surface area (Å²) in [4.78, 5) is 23.3. The SMILES string of the molecule is Cc1occc1C(=O)Oc1ccc2c(c1)NC(=O)CC2. The molecule has 20 heavy (non-hydrogen) atoms. The standard InChI is InChI=1S/C15H13NO4/c1-9-12(6-7-19-9)15(18)20-11-4-2-10-3-5-14(17)16-13(10)8-11/h2,4,6-8H,3,5H2,1H3,(H,16,17). The fourth-order valence-electron chi connectivity index (χ4n) is 2.17. The minimum absolute atomic E-state index is 0.0216. The van der Waals surface area contributed by atoms with Crippen molar-refractivity contribution in [2.45, 2.75) is 19.8 Å². The Hall–Kier alpha value is -2.56. The number of anilines is 1. The molecule has 1 amide bonds. The maximum Gasteiger partial charge on any atom is 0.347 e. The molecular weight excluding hydrogens is 258 g/mol. The van der Waals surface area contributed by atoms with Gasteiger partial charge in [0.1, 0.15) is 17.1 Å². The van der Waals surface area contributed by atoms with Gasteiger partial charge in [0.05, 0.1) is 6.26 Å². The number of hydrogen-bond acceptors (Lipinski definition) is 4. The second-order valence-corrected chi connectivity index (χ2v) is 4.65. The molecule has 2 heterocycles. The van der Waals surface area contributed by atoms with Crippen LogP contribution in [-0.2, 0) is 11.2 Å². The molecule has 1 aromatic heterocycles. The van der Waals surface area contributed by atoms with E-state index in [2.05, 4.69) is 5.32 Å². The zero-order valence-corrected chi connectivity index (χ0v) is 10.9. The number of esters is 1. The number of amides is 1. The number of fused-ring (bicyclic) bond motifs is 1. The van der Waals surface area contributed by atoms with Gasteiger partial charge in [-0.2, -0.15) is 0 Å². The van der Waals surface area contributed by atoms with E-state index >= 15 is 0 Å². The van der Waals surface area contributed by atoms with Crippen LogP contribution in [0.4, 0.5) is 5.69 Å². The second-order valence-electron chi connectivity index (χ2n) is 4.65. The Labute approximate surface area is 115 Å². The first-order valence-corrected chi connectivity index (χ1v) is 6.32. The summed E-state index contributed by atoms with van der Waals surface area (Å²) in [7, 11) is 0. The van der Waals surface area contributed by atoms with Gasteiger partial charge in [0.25, 0.3) is 0 Å². The molecule has 0 fully saturated rings. The molecule has 0 unspecified atom stereocenters. The van der Waals surface area contributed by atoms with Crippen LogP contribution >= 0.6 is 0 Å². The van der Waals surface area contributed by atoms with E-state index in [0.717, 1.165) is 5.56 Å². The molecule has 0 aliphatic carbocycles. The first-order valence-electron chi connectivity index (χ1n) is 6.32. The number of ether oxygens (including phenoxy) is 1. The number of carbonyl (C=O) groups is 2. The van der Waals surface area contributed by atoms with Crippen LogP contribution in [0.2, 0.25) is 0 Å². The number of carbonyl (C=O) groups excluding carboxylic acids is 2. The molecule has 5 heteroatoms. The lowest BCUT2D eigenvalue weighted by atomic mass is 10.0. The Morgan fingerprint density at radius 1 is 1.30 bits per heavy atom. The van der Waals surface area contributed by atoms with Crippen molar-refractivity contribution in [1.82, 2.24) is 0 Å². The van der Waals surface area contributed by atoms with E-state index in [-0.39, 0.29) is 5.91 Å². The molecule has 0 atom stereocenters. The summed E-state index contributed by atoms with van der Waals surface area (Å²) in [6, 6.07) is 6.82. The van der Waals surface area contributed by atoms with Crippen molar-refractivity contribution in [3.8, 4) is 5.75 Å². The molecule has 3 rings (SSSR count). The van der Waals surface area contributed by atoms with E-state index in [0.29, 0.717) is 35.6 Å². The van der Waals surface area contributed by atoms with Crippen molar-refractivity contribution in [3.05, 3.63) is 47.4 Å². The van der Waals surface area contributed by atoms with Gasteiger partial charge in [-0.15, -0.1) is 0 Å². The van der Waals surface area contributed by atoms with Crippen molar-refractivity contribution in [1.29, 1.82) is 0 Å². The van der Waals surface area contributed by atoms with Crippen LogP contribution in [0.25, 0.3) is 0 Å². The third-order valence-electron chi connectivity index (χ3n) is 3.27. The summed E-state index contributed by atoms with van der Waals surface area (Å²) >= 11 is 0. The van der Waals surface area contributed by atoms with Crippen LogP contribution in [0, 0.1) is 6.92 Å². The Kier molecular flexibility index (Phi) is 3.02. The predicted octanol–water partition coefficient (Wildman–Crippen LogP) is 2.69. The smallest absolute Gasteiger partial charge is 0.347 e. The van der Waals surface area contributed by atoms with Crippen molar-refractivity contribution in [3.63, 3.8) is 0 Å². The van der Waals surface area contributed by atoms with E-state index in [1.807, 2.05) is 6.07 Å². The van der Waals surface area contributed by atoms with Gasteiger partial charge < -0.3 is 14.5 Å². The van der Waals surface area contributed by atoms with Crippen LogP contribution in [-0.4, -0.2) is 11.9 Å². The normalized spacial score (nSPS) is 13.6. The van der Waals surface area contributed by atoms with Gasteiger partial charge in [0, 0.05) is 18.2 Å². The summed E-state index contributed by atoms with van der Waals surface area (Å²) in [5, 5.41) is 2.77. The van der Waals surface area contributed by atoms with Crippen molar-refractivity contribution in [2.75, 3.05) is 5.32 Å². The molecule has 0 bridgehead atoms. The van der Waals surface area contributed by atoms with Gasteiger partial charge in [0.2, 0.25) is 5.91 Å². The lowest BCUT2D eigenvalue weighted by molar-refractivity contribution is -0.116. The Morgan fingerprint density at radius 2 is 2.15 bits per heavy atom. The van der Waals surface area contributed by atoms with E-state index in [1.54, 1.807) is 25.1 Å². The van der Waals surface area contributed by atoms with Crippen molar-refractivity contribution in [2.24, 2.45) is 0 Å². The summed E-state index contributed by atoms with van der Waals surface area (Å²) in [6.45, 7) is 1.70. The zero-order valence-electron chi connectivity index (χ0n) is 10.9. The maximum absolute atomic E-state index is 12.0. The Morgan fingerprint density at radius 3 is 2.90 bits per heavy atom. The summed E-state index contributed by atoms with van der Waals surface area (Å²) in [5.41, 5.74) is 2.14. The van der Waals surface area contributed by atoms with Crippen LogP contribution in [0.3, 0.4) is 0 Å². The molecule has 1 aliphatic heterocycles. The highest BCUT2D eigenvalue weighted by atomic mass is 16.5.